The van der Waals surface area contributed by atoms with Gasteiger partial charge in [0.2, 0.25) is 0 Å². The Hall–Kier alpha value is -2.39. The summed E-state index contributed by atoms with van der Waals surface area (Å²) in [6.45, 7) is 1.79. The van der Waals surface area contributed by atoms with E-state index in [2.05, 4.69) is 53.5 Å². The van der Waals surface area contributed by atoms with E-state index >= 15 is 0 Å². The van der Waals surface area contributed by atoms with E-state index in [9.17, 15) is 0 Å². The molecule has 0 radical (unpaired) electrons. The first-order chi connectivity index (χ1) is 10.2. The van der Waals surface area contributed by atoms with Gasteiger partial charge in [0, 0.05) is 9.75 Å². The van der Waals surface area contributed by atoms with Gasteiger partial charge in [-0.1, -0.05) is 42.5 Å². The summed E-state index contributed by atoms with van der Waals surface area (Å²) in [6, 6.07) is 22.9. The van der Waals surface area contributed by atoms with Crippen LogP contribution >= 0.6 is 11.3 Å². The number of hydrogen-bond donors (Lipinski definition) is 1. The maximum absolute atomic E-state index is 5.59. The number of nitrogens with zero attached hydrogens (tertiary/aromatic N) is 1. The van der Waals surface area contributed by atoms with E-state index in [0.717, 1.165) is 5.69 Å². The summed E-state index contributed by atoms with van der Waals surface area (Å²) < 4.78 is 0. The molecule has 3 rings (SSSR count). The van der Waals surface area contributed by atoms with Gasteiger partial charge in [-0.3, -0.25) is 0 Å². The fourth-order valence-corrected chi connectivity index (χ4v) is 3.17. The first-order valence-electron chi connectivity index (χ1n) is 6.79. The molecule has 0 aliphatic heterocycles. The number of hydrogen-bond acceptors (Lipinski definition) is 2. The molecule has 2 aromatic carbocycles. The summed E-state index contributed by atoms with van der Waals surface area (Å²) in [5.41, 5.74) is 8.94. The lowest BCUT2D eigenvalue weighted by atomic mass is 10.1. The fourth-order valence-electron chi connectivity index (χ4n) is 2.15. The van der Waals surface area contributed by atoms with E-state index in [1.165, 1.54) is 20.9 Å². The predicted molar refractivity (Wildman–Crippen MR) is 92.1 cm³/mol. The molecule has 0 atom stereocenters. The fraction of sp³-hybridized carbons (Fsp3) is 0.0556. The Morgan fingerprint density at radius 2 is 1.38 bits per heavy atom. The minimum atomic E-state index is 0.574. The molecular formula is C18H16N2S. The molecule has 2 nitrogen and oxygen atoms in total. The topological polar surface area (TPSA) is 38.4 Å². The van der Waals surface area contributed by atoms with Gasteiger partial charge in [-0.15, -0.1) is 11.3 Å². The van der Waals surface area contributed by atoms with Crippen LogP contribution in [-0.2, 0) is 0 Å². The number of benzene rings is 2. The van der Waals surface area contributed by atoms with Crippen LogP contribution in [0.1, 0.15) is 6.92 Å². The third-order valence-electron chi connectivity index (χ3n) is 3.12. The second-order valence-electron chi connectivity index (χ2n) is 4.83. The molecule has 21 heavy (non-hydrogen) atoms. The summed E-state index contributed by atoms with van der Waals surface area (Å²) in [5.74, 6) is 0.574. The van der Waals surface area contributed by atoms with Gasteiger partial charge < -0.3 is 5.73 Å². The molecule has 1 aromatic heterocycles. The van der Waals surface area contributed by atoms with Crippen molar-refractivity contribution in [2.24, 2.45) is 10.7 Å². The Kier molecular flexibility index (Phi) is 3.84. The molecule has 0 saturated carbocycles. The Morgan fingerprint density at radius 3 is 1.95 bits per heavy atom. The maximum atomic E-state index is 5.59. The van der Waals surface area contributed by atoms with Crippen molar-refractivity contribution in [3.63, 3.8) is 0 Å². The maximum Gasteiger partial charge on any atom is 0.0964 e. The predicted octanol–water partition coefficient (Wildman–Crippen LogP) is 5.09. The number of aliphatic imine (C=N–C) groups is 1. The van der Waals surface area contributed by atoms with Crippen molar-refractivity contribution >= 4 is 22.9 Å². The molecule has 104 valence electrons. The summed E-state index contributed by atoms with van der Waals surface area (Å²) in [5, 5.41) is 0. The summed E-state index contributed by atoms with van der Waals surface area (Å²) in [4.78, 5) is 6.79. The average molecular weight is 292 g/mol. The van der Waals surface area contributed by atoms with Crippen molar-refractivity contribution in [3.05, 3.63) is 66.7 Å². The highest BCUT2D eigenvalue weighted by Gasteiger charge is 2.04. The Morgan fingerprint density at radius 1 is 0.810 bits per heavy atom. The van der Waals surface area contributed by atoms with E-state index in [1.54, 1.807) is 18.3 Å². The zero-order valence-electron chi connectivity index (χ0n) is 11.8. The van der Waals surface area contributed by atoms with E-state index in [0.29, 0.717) is 5.84 Å². The Balaban J connectivity index is 1.88. The second-order valence-corrected chi connectivity index (χ2v) is 5.91. The zero-order valence-corrected chi connectivity index (χ0v) is 12.6. The van der Waals surface area contributed by atoms with Gasteiger partial charge in [0.05, 0.1) is 11.5 Å². The van der Waals surface area contributed by atoms with Gasteiger partial charge >= 0.3 is 0 Å². The lowest BCUT2D eigenvalue weighted by Crippen LogP contribution is -2.03. The van der Waals surface area contributed by atoms with Crippen LogP contribution in [0.4, 0.5) is 5.69 Å². The van der Waals surface area contributed by atoms with Crippen LogP contribution in [0, 0.1) is 0 Å². The van der Waals surface area contributed by atoms with Gasteiger partial charge in [-0.25, -0.2) is 4.99 Å². The van der Waals surface area contributed by atoms with E-state index < -0.39 is 0 Å². The molecular weight excluding hydrogens is 276 g/mol. The molecule has 2 N–H and O–H groups in total. The van der Waals surface area contributed by atoms with Crippen molar-refractivity contribution in [1.82, 2.24) is 0 Å². The van der Waals surface area contributed by atoms with Gasteiger partial charge in [-0.05, 0) is 42.3 Å². The number of amidine groups is 1. The standard InChI is InChI=1S/C18H16N2S/c1-13(19)20-16-9-7-15(8-10-16)18-12-11-17(21-18)14-5-3-2-4-6-14/h2-12H,1H3,(H2,19,20). The highest BCUT2D eigenvalue weighted by molar-refractivity contribution is 7.18. The first kappa shape index (κ1) is 13.6. The number of rotatable bonds is 3. The van der Waals surface area contributed by atoms with E-state index in [-0.39, 0.29) is 0 Å². The van der Waals surface area contributed by atoms with Crippen LogP contribution in [-0.4, -0.2) is 5.84 Å². The van der Waals surface area contributed by atoms with Crippen molar-refractivity contribution in [2.75, 3.05) is 0 Å². The van der Waals surface area contributed by atoms with Crippen molar-refractivity contribution < 1.29 is 0 Å². The quantitative estimate of drug-likeness (QED) is 0.530. The van der Waals surface area contributed by atoms with Crippen LogP contribution in [0.3, 0.4) is 0 Å². The Labute approximate surface area is 128 Å². The minimum absolute atomic E-state index is 0.574. The minimum Gasteiger partial charge on any atom is -0.387 e. The molecule has 0 unspecified atom stereocenters. The third kappa shape index (κ3) is 3.20. The molecule has 0 amide bonds. The lowest BCUT2D eigenvalue weighted by Gasteiger charge is -1.99. The van der Waals surface area contributed by atoms with Crippen LogP contribution in [0.15, 0.2) is 71.7 Å². The molecule has 0 aliphatic carbocycles. The van der Waals surface area contributed by atoms with Crippen LogP contribution in [0.5, 0.6) is 0 Å². The van der Waals surface area contributed by atoms with Gasteiger partial charge in [0.25, 0.3) is 0 Å². The van der Waals surface area contributed by atoms with Gasteiger partial charge in [0.1, 0.15) is 0 Å². The normalized spacial score (nSPS) is 11.6. The molecule has 0 aliphatic rings. The van der Waals surface area contributed by atoms with Crippen LogP contribution < -0.4 is 5.73 Å². The number of thiophene rings is 1. The molecule has 3 heteroatoms. The summed E-state index contributed by atoms with van der Waals surface area (Å²) in [7, 11) is 0. The molecule has 0 spiro atoms. The lowest BCUT2D eigenvalue weighted by molar-refractivity contribution is 1.45. The Bertz CT molecular complexity index is 751. The largest absolute Gasteiger partial charge is 0.387 e. The first-order valence-corrected chi connectivity index (χ1v) is 7.60. The van der Waals surface area contributed by atoms with E-state index in [4.69, 9.17) is 5.73 Å². The SMILES string of the molecule is CC(N)=Nc1ccc(-c2ccc(-c3ccccc3)s2)cc1. The van der Waals surface area contributed by atoms with Crippen LogP contribution in [0.2, 0.25) is 0 Å². The van der Waals surface area contributed by atoms with Crippen molar-refractivity contribution in [1.29, 1.82) is 0 Å². The second kappa shape index (κ2) is 5.94. The third-order valence-corrected chi connectivity index (χ3v) is 4.30. The summed E-state index contributed by atoms with van der Waals surface area (Å²) in [6.07, 6.45) is 0. The smallest absolute Gasteiger partial charge is 0.0964 e. The molecule has 0 fully saturated rings. The number of nitrogens with two attached hydrogens (primary N) is 1. The molecule has 3 aromatic rings. The van der Waals surface area contributed by atoms with Gasteiger partial charge in [0.15, 0.2) is 0 Å². The molecule has 0 saturated heterocycles. The van der Waals surface area contributed by atoms with Crippen LogP contribution in [0.25, 0.3) is 20.9 Å². The van der Waals surface area contributed by atoms with Gasteiger partial charge in [-0.2, -0.15) is 0 Å². The van der Waals surface area contributed by atoms with Crippen molar-refractivity contribution in [3.8, 4) is 20.9 Å². The zero-order chi connectivity index (χ0) is 14.7. The molecule has 1 heterocycles. The highest BCUT2D eigenvalue weighted by atomic mass is 32.1. The molecule has 0 bridgehead atoms. The van der Waals surface area contributed by atoms with Crippen molar-refractivity contribution in [2.45, 2.75) is 6.92 Å². The summed E-state index contributed by atoms with van der Waals surface area (Å²) >= 11 is 1.80. The van der Waals surface area contributed by atoms with E-state index in [1.807, 2.05) is 18.2 Å². The highest BCUT2D eigenvalue weighted by Crippen LogP contribution is 2.34. The monoisotopic (exact) mass is 292 g/mol. The average Bonchev–Trinajstić information content (AvgIpc) is 2.98.